The molecule has 2 aliphatic rings. The first-order chi connectivity index (χ1) is 23.2. The second-order valence-electron chi connectivity index (χ2n) is 11.4. The van der Waals surface area contributed by atoms with Crippen LogP contribution in [-0.2, 0) is 62.3 Å². The van der Waals surface area contributed by atoms with Crippen molar-refractivity contribution in [3.63, 3.8) is 0 Å². The molecule has 0 saturated carbocycles. The van der Waals surface area contributed by atoms with Gasteiger partial charge in [-0.25, -0.2) is 33.6 Å². The van der Waals surface area contributed by atoms with Gasteiger partial charge in [0.15, 0.2) is 12.6 Å². The Morgan fingerprint density at radius 2 is 1.04 bits per heavy atom. The van der Waals surface area contributed by atoms with Gasteiger partial charge in [-0.15, -0.1) is 21.3 Å². The smallest absolute Gasteiger partial charge is 0.394 e. The maximum absolute atomic E-state index is 9.89. The zero-order valence-electron chi connectivity index (χ0n) is 26.0. The standard InChI is InChI=1S/2C15H20N3O6.Fe/c2*19-7-11-12(20)13(21)14(22)15(24-11)23-8-10-6-18(17-16-10)5-9-3-1-2-4-9;/h2*1-4,6,11-15,19-22H,5,7-8H2;/q2*-1;+2/t2*11-,12-,13+,14+,15+;/m11./s1. The van der Waals surface area contributed by atoms with E-state index in [1.165, 1.54) is 0 Å². The molecule has 18 nitrogen and oxygen atoms in total. The van der Waals surface area contributed by atoms with Crippen LogP contribution in [-0.4, -0.2) is 145 Å². The topological polar surface area (TPSA) is 260 Å². The summed E-state index contributed by atoms with van der Waals surface area (Å²) in [5.74, 6) is 0. The van der Waals surface area contributed by atoms with E-state index < -0.39 is 74.6 Å². The molecule has 2 aromatic heterocycles. The summed E-state index contributed by atoms with van der Waals surface area (Å²) < 4.78 is 24.6. The minimum absolute atomic E-state index is 0. The van der Waals surface area contributed by atoms with Gasteiger partial charge in [-0.1, -0.05) is 10.4 Å². The summed E-state index contributed by atoms with van der Waals surface area (Å²) in [5.41, 5.74) is 3.25. The van der Waals surface area contributed by atoms with Crippen molar-refractivity contribution in [3.05, 3.63) is 83.4 Å². The second kappa shape index (κ2) is 18.3. The van der Waals surface area contributed by atoms with Crippen molar-refractivity contribution in [2.75, 3.05) is 13.2 Å². The van der Waals surface area contributed by atoms with E-state index in [1.54, 1.807) is 21.8 Å². The van der Waals surface area contributed by atoms with Crippen LogP contribution in [0.25, 0.3) is 0 Å². The maximum Gasteiger partial charge on any atom is 2.00 e. The Bertz CT molecular complexity index is 1380. The Balaban J connectivity index is 0.000000216. The summed E-state index contributed by atoms with van der Waals surface area (Å²) in [5, 5.41) is 92.8. The molecule has 0 aliphatic carbocycles. The van der Waals surface area contributed by atoms with Crippen LogP contribution in [0.4, 0.5) is 0 Å². The van der Waals surface area contributed by atoms with Crippen molar-refractivity contribution >= 4 is 0 Å². The normalized spacial score (nSPS) is 30.0. The molecule has 270 valence electrons. The summed E-state index contributed by atoms with van der Waals surface area (Å²) in [7, 11) is 0. The zero-order valence-corrected chi connectivity index (χ0v) is 27.1. The Morgan fingerprint density at radius 1 is 0.633 bits per heavy atom. The molecule has 6 rings (SSSR count). The average molecular weight is 733 g/mol. The van der Waals surface area contributed by atoms with E-state index in [0.717, 1.165) is 11.1 Å². The molecule has 4 aromatic rings. The number of nitrogens with zero attached hydrogens (tertiary/aromatic N) is 6. The predicted octanol–water partition coefficient (Wildman–Crippen LogP) is -3.28. The first-order valence-electron chi connectivity index (χ1n) is 15.2. The van der Waals surface area contributed by atoms with E-state index in [0.29, 0.717) is 24.5 Å². The molecular weight excluding hydrogens is 692 g/mol. The molecule has 49 heavy (non-hydrogen) atoms. The van der Waals surface area contributed by atoms with Crippen LogP contribution in [0.1, 0.15) is 22.5 Å². The van der Waals surface area contributed by atoms with E-state index in [-0.39, 0.29) is 30.3 Å². The first kappa shape index (κ1) is 38.8. The number of hydrogen-bond acceptors (Lipinski definition) is 16. The van der Waals surface area contributed by atoms with E-state index in [4.69, 9.17) is 29.2 Å². The van der Waals surface area contributed by atoms with Crippen LogP contribution in [0.15, 0.2) is 60.9 Å². The average Bonchev–Trinajstić information content (AvgIpc) is 3.93. The summed E-state index contributed by atoms with van der Waals surface area (Å²) in [6, 6.07) is 15.7. The van der Waals surface area contributed by atoms with Crippen molar-refractivity contribution < 1.29 is 76.9 Å². The molecule has 0 radical (unpaired) electrons. The zero-order chi connectivity index (χ0) is 34.2. The van der Waals surface area contributed by atoms with Crippen molar-refractivity contribution in [1.82, 2.24) is 30.0 Å². The third-order valence-electron chi connectivity index (χ3n) is 7.81. The van der Waals surface area contributed by atoms with Gasteiger partial charge in [0.05, 0.1) is 38.8 Å². The van der Waals surface area contributed by atoms with Gasteiger partial charge in [0.1, 0.15) is 60.2 Å². The van der Waals surface area contributed by atoms with E-state index >= 15 is 0 Å². The van der Waals surface area contributed by atoms with Gasteiger partial charge >= 0.3 is 17.1 Å². The minimum atomic E-state index is -1.46. The Hall–Kier alpha value is -2.98. The van der Waals surface area contributed by atoms with Crippen molar-refractivity contribution in [3.8, 4) is 0 Å². The van der Waals surface area contributed by atoms with E-state index in [1.807, 2.05) is 48.5 Å². The molecule has 0 spiro atoms. The van der Waals surface area contributed by atoms with E-state index in [9.17, 15) is 30.6 Å². The Kier molecular flexibility index (Phi) is 14.5. The van der Waals surface area contributed by atoms with Gasteiger partial charge in [-0.2, -0.15) is 24.3 Å². The van der Waals surface area contributed by atoms with Crippen molar-refractivity contribution in [2.24, 2.45) is 0 Å². The predicted molar refractivity (Wildman–Crippen MR) is 159 cm³/mol. The molecule has 2 saturated heterocycles. The minimum Gasteiger partial charge on any atom is -0.394 e. The molecule has 4 heterocycles. The number of aromatic nitrogens is 6. The molecule has 0 unspecified atom stereocenters. The van der Waals surface area contributed by atoms with Crippen LogP contribution < -0.4 is 0 Å². The molecule has 8 N–H and O–H groups in total. The number of rotatable bonds is 12. The fourth-order valence-corrected chi connectivity index (χ4v) is 5.12. The maximum atomic E-state index is 9.89. The Morgan fingerprint density at radius 3 is 1.39 bits per heavy atom. The van der Waals surface area contributed by atoms with Gasteiger partial charge < -0.3 is 59.8 Å². The van der Waals surface area contributed by atoms with Crippen LogP contribution in [0, 0.1) is 0 Å². The van der Waals surface area contributed by atoms with E-state index in [2.05, 4.69) is 20.6 Å². The van der Waals surface area contributed by atoms with Crippen molar-refractivity contribution in [2.45, 2.75) is 87.7 Å². The first-order valence-corrected chi connectivity index (χ1v) is 15.2. The summed E-state index contributed by atoms with van der Waals surface area (Å²) in [6.07, 6.45) is -9.55. The Labute approximate surface area is 290 Å². The molecule has 0 bridgehead atoms. The van der Waals surface area contributed by atoms with Gasteiger partial charge in [0.25, 0.3) is 0 Å². The molecular formula is C30H40FeN6O12. The molecule has 10 atom stereocenters. The van der Waals surface area contributed by atoms with Crippen LogP contribution in [0.3, 0.4) is 0 Å². The van der Waals surface area contributed by atoms with Crippen molar-refractivity contribution in [1.29, 1.82) is 0 Å². The third-order valence-corrected chi connectivity index (χ3v) is 7.81. The molecule has 2 aromatic carbocycles. The van der Waals surface area contributed by atoms with Gasteiger partial charge in [0, 0.05) is 13.1 Å². The number of hydrogen-bond donors (Lipinski definition) is 8. The van der Waals surface area contributed by atoms with Crippen LogP contribution >= 0.6 is 0 Å². The monoisotopic (exact) mass is 732 g/mol. The van der Waals surface area contributed by atoms with Crippen LogP contribution in [0.2, 0.25) is 0 Å². The molecule has 2 aliphatic heterocycles. The van der Waals surface area contributed by atoms with Gasteiger partial charge in [-0.3, -0.25) is 0 Å². The SMILES string of the molecule is OC[C@H]1O[C@H](OCc2cn(Cc3ccc[cH-]3)nn2)[C@@H](O)[C@@H](O)[C@@H]1O.OC[C@H]1O[C@H](OCc2cn(Cc3ccc[cH-]3)nn2)[C@@H](O)[C@@H](O)[C@@H]1O.[Fe+2]. The second-order valence-corrected chi connectivity index (χ2v) is 11.4. The quantitative estimate of drug-likeness (QED) is 0.0525. The summed E-state index contributed by atoms with van der Waals surface area (Å²) in [4.78, 5) is 0. The van der Waals surface area contributed by atoms with Crippen LogP contribution in [0.5, 0.6) is 0 Å². The molecule has 0 amide bonds. The number of aliphatic hydroxyl groups excluding tert-OH is 8. The summed E-state index contributed by atoms with van der Waals surface area (Å²) in [6.45, 7) is 0.175. The fraction of sp³-hybridized carbons (Fsp3) is 0.533. The molecule has 19 heteroatoms. The molecule has 2 fully saturated rings. The number of aliphatic hydroxyl groups is 8. The van der Waals surface area contributed by atoms with Gasteiger partial charge in [0.2, 0.25) is 0 Å². The van der Waals surface area contributed by atoms with Gasteiger partial charge in [-0.05, 0) is 0 Å². The fourth-order valence-electron chi connectivity index (χ4n) is 5.12. The largest absolute Gasteiger partial charge is 2.00 e. The third kappa shape index (κ3) is 10.1. The summed E-state index contributed by atoms with van der Waals surface area (Å²) >= 11 is 0. The number of ether oxygens (including phenoxy) is 4.